The van der Waals surface area contributed by atoms with E-state index in [1.807, 2.05) is 6.92 Å². The van der Waals surface area contributed by atoms with Gasteiger partial charge in [0.2, 0.25) is 0 Å². The fourth-order valence-electron chi connectivity index (χ4n) is 1.87. The Labute approximate surface area is 86.7 Å². The van der Waals surface area contributed by atoms with Crippen molar-refractivity contribution in [3.8, 4) is 0 Å². The third kappa shape index (κ3) is 1.62. The molecule has 1 heterocycles. The van der Waals surface area contributed by atoms with Gasteiger partial charge in [-0.2, -0.15) is 0 Å². The van der Waals surface area contributed by atoms with Gasteiger partial charge in [-0.3, -0.25) is 0 Å². The lowest BCUT2D eigenvalue weighted by Gasteiger charge is -2.07. The van der Waals surface area contributed by atoms with E-state index in [2.05, 4.69) is 4.98 Å². The highest BCUT2D eigenvalue weighted by molar-refractivity contribution is 5.85. The second kappa shape index (κ2) is 3.64. The molecule has 15 heavy (non-hydrogen) atoms. The van der Waals surface area contributed by atoms with Crippen molar-refractivity contribution in [3.63, 3.8) is 0 Å². The highest BCUT2D eigenvalue weighted by Crippen LogP contribution is 2.27. The molecule has 0 amide bonds. The molecule has 3 nitrogen and oxygen atoms in total. The average Bonchev–Trinajstić information content (AvgIpc) is 2.52. The number of aliphatic hydroxyl groups excluding tert-OH is 1. The maximum Gasteiger partial charge on any atom is 0.123 e. The summed E-state index contributed by atoms with van der Waals surface area (Å²) in [4.78, 5) is 3.09. The fraction of sp³-hybridized carbons (Fsp3) is 0.273. The van der Waals surface area contributed by atoms with Crippen LogP contribution in [0.4, 0.5) is 4.39 Å². The molecule has 1 unspecified atom stereocenters. The van der Waals surface area contributed by atoms with Gasteiger partial charge < -0.3 is 15.8 Å². The van der Waals surface area contributed by atoms with E-state index >= 15 is 0 Å². The molecule has 80 valence electrons. The SMILES string of the molecule is Cc1[nH]c2ccc(F)cc2c1C(O)CN. The van der Waals surface area contributed by atoms with Crippen LogP contribution < -0.4 is 5.73 Å². The molecule has 4 heteroatoms. The number of H-pyrrole nitrogens is 1. The maximum absolute atomic E-state index is 13.1. The Hall–Kier alpha value is -1.39. The number of nitrogens with two attached hydrogens (primary N) is 1. The first kappa shape index (κ1) is 10.1. The topological polar surface area (TPSA) is 62.0 Å². The fourth-order valence-corrected chi connectivity index (χ4v) is 1.87. The average molecular weight is 208 g/mol. The van der Waals surface area contributed by atoms with Crippen LogP contribution in [0.2, 0.25) is 0 Å². The van der Waals surface area contributed by atoms with E-state index < -0.39 is 6.10 Å². The summed E-state index contributed by atoms with van der Waals surface area (Å²) in [6.07, 6.45) is -0.749. The summed E-state index contributed by atoms with van der Waals surface area (Å²) in [5.41, 5.74) is 7.73. The van der Waals surface area contributed by atoms with Crippen LogP contribution in [0.25, 0.3) is 10.9 Å². The van der Waals surface area contributed by atoms with Crippen LogP contribution in [-0.2, 0) is 0 Å². The number of fused-ring (bicyclic) bond motifs is 1. The Morgan fingerprint density at radius 1 is 1.53 bits per heavy atom. The summed E-state index contributed by atoms with van der Waals surface area (Å²) in [5, 5.41) is 10.4. The van der Waals surface area contributed by atoms with Crippen molar-refractivity contribution in [2.75, 3.05) is 6.54 Å². The maximum atomic E-state index is 13.1. The molecule has 2 aromatic rings. The summed E-state index contributed by atoms with van der Waals surface area (Å²) >= 11 is 0. The molecule has 2 rings (SSSR count). The molecule has 1 aromatic carbocycles. The molecular weight excluding hydrogens is 195 g/mol. The molecule has 0 saturated carbocycles. The normalized spacial score (nSPS) is 13.3. The molecule has 1 aromatic heterocycles. The molecule has 0 aliphatic carbocycles. The minimum atomic E-state index is -0.749. The number of aromatic nitrogens is 1. The number of halogens is 1. The first-order chi connectivity index (χ1) is 7.13. The zero-order chi connectivity index (χ0) is 11.0. The van der Waals surface area contributed by atoms with Gasteiger partial charge in [0.05, 0.1) is 6.10 Å². The monoisotopic (exact) mass is 208 g/mol. The highest BCUT2D eigenvalue weighted by Gasteiger charge is 2.15. The van der Waals surface area contributed by atoms with Gasteiger partial charge in [0.25, 0.3) is 0 Å². The Kier molecular flexibility index (Phi) is 2.46. The summed E-state index contributed by atoms with van der Waals surface area (Å²) < 4.78 is 13.1. The molecule has 0 saturated heterocycles. The molecule has 4 N–H and O–H groups in total. The van der Waals surface area contributed by atoms with Crippen LogP contribution in [0.15, 0.2) is 18.2 Å². The number of aryl methyl sites for hydroxylation is 1. The summed E-state index contributed by atoms with van der Waals surface area (Å²) in [6.45, 7) is 1.97. The molecule has 1 atom stereocenters. The van der Waals surface area contributed by atoms with Gasteiger partial charge in [-0.15, -0.1) is 0 Å². The number of aliphatic hydroxyl groups is 1. The first-order valence-corrected chi connectivity index (χ1v) is 4.79. The second-order valence-electron chi connectivity index (χ2n) is 3.61. The van der Waals surface area contributed by atoms with E-state index in [4.69, 9.17) is 5.73 Å². The first-order valence-electron chi connectivity index (χ1n) is 4.79. The minimum Gasteiger partial charge on any atom is -0.387 e. The third-order valence-corrected chi connectivity index (χ3v) is 2.55. The summed E-state index contributed by atoms with van der Waals surface area (Å²) in [5.74, 6) is -0.313. The van der Waals surface area contributed by atoms with Gasteiger partial charge in [0, 0.05) is 28.7 Å². The standard InChI is InChI=1S/C11H13FN2O/c1-6-11(10(15)5-13)8-4-7(12)2-3-9(8)14-6/h2-4,10,14-15H,5,13H2,1H3. The molecule has 0 aliphatic heterocycles. The second-order valence-corrected chi connectivity index (χ2v) is 3.61. The van der Waals surface area contributed by atoms with Crippen molar-refractivity contribution >= 4 is 10.9 Å². The number of rotatable bonds is 2. The third-order valence-electron chi connectivity index (χ3n) is 2.55. The van der Waals surface area contributed by atoms with Crippen LogP contribution >= 0.6 is 0 Å². The zero-order valence-corrected chi connectivity index (χ0v) is 8.42. The predicted molar refractivity (Wildman–Crippen MR) is 57.0 cm³/mol. The van der Waals surface area contributed by atoms with E-state index in [9.17, 15) is 9.50 Å². The highest BCUT2D eigenvalue weighted by atomic mass is 19.1. The molecular formula is C11H13FN2O. The Bertz CT molecular complexity index is 493. The van der Waals surface area contributed by atoms with Gasteiger partial charge in [-0.05, 0) is 25.1 Å². The van der Waals surface area contributed by atoms with Crippen LogP contribution in [0.1, 0.15) is 17.4 Å². The van der Waals surface area contributed by atoms with Gasteiger partial charge in [-0.25, -0.2) is 4.39 Å². The zero-order valence-electron chi connectivity index (χ0n) is 8.42. The lowest BCUT2D eigenvalue weighted by Crippen LogP contribution is -2.12. The lowest BCUT2D eigenvalue weighted by atomic mass is 10.1. The van der Waals surface area contributed by atoms with Crippen LogP contribution in [0, 0.1) is 12.7 Å². The van der Waals surface area contributed by atoms with E-state index in [0.29, 0.717) is 10.9 Å². The Balaban J connectivity index is 2.70. The minimum absolute atomic E-state index is 0.129. The Morgan fingerprint density at radius 2 is 2.27 bits per heavy atom. The van der Waals surface area contributed by atoms with Crippen molar-refractivity contribution in [1.82, 2.24) is 4.98 Å². The number of aromatic amines is 1. The van der Waals surface area contributed by atoms with Crippen molar-refractivity contribution < 1.29 is 9.50 Å². The van der Waals surface area contributed by atoms with Gasteiger partial charge in [0.15, 0.2) is 0 Å². The van der Waals surface area contributed by atoms with E-state index in [1.54, 1.807) is 6.07 Å². The van der Waals surface area contributed by atoms with E-state index in [1.165, 1.54) is 12.1 Å². The molecule has 0 radical (unpaired) electrons. The van der Waals surface area contributed by atoms with Crippen molar-refractivity contribution in [2.24, 2.45) is 5.73 Å². The number of hydrogen-bond donors (Lipinski definition) is 3. The van der Waals surface area contributed by atoms with Gasteiger partial charge in [-0.1, -0.05) is 0 Å². The quantitative estimate of drug-likeness (QED) is 0.702. The van der Waals surface area contributed by atoms with E-state index in [0.717, 1.165) is 11.2 Å². The molecule has 0 fully saturated rings. The van der Waals surface area contributed by atoms with E-state index in [-0.39, 0.29) is 12.4 Å². The lowest BCUT2D eigenvalue weighted by molar-refractivity contribution is 0.187. The molecule has 0 bridgehead atoms. The number of nitrogens with one attached hydrogen (secondary N) is 1. The molecule has 0 aliphatic rings. The van der Waals surface area contributed by atoms with Crippen molar-refractivity contribution in [2.45, 2.75) is 13.0 Å². The summed E-state index contributed by atoms with van der Waals surface area (Å²) in [6, 6.07) is 4.45. The van der Waals surface area contributed by atoms with Gasteiger partial charge in [0.1, 0.15) is 5.82 Å². The van der Waals surface area contributed by atoms with Crippen LogP contribution in [-0.4, -0.2) is 16.6 Å². The largest absolute Gasteiger partial charge is 0.387 e. The smallest absolute Gasteiger partial charge is 0.123 e. The summed E-state index contributed by atoms with van der Waals surface area (Å²) in [7, 11) is 0. The van der Waals surface area contributed by atoms with Crippen molar-refractivity contribution in [1.29, 1.82) is 0 Å². The number of benzene rings is 1. The van der Waals surface area contributed by atoms with Gasteiger partial charge >= 0.3 is 0 Å². The molecule has 0 spiro atoms. The van der Waals surface area contributed by atoms with Crippen LogP contribution in [0.5, 0.6) is 0 Å². The Morgan fingerprint density at radius 3 is 2.93 bits per heavy atom. The van der Waals surface area contributed by atoms with Crippen LogP contribution in [0.3, 0.4) is 0 Å². The number of hydrogen-bond acceptors (Lipinski definition) is 2. The predicted octanol–water partition coefficient (Wildman–Crippen LogP) is 1.61. The van der Waals surface area contributed by atoms with Crippen molar-refractivity contribution in [3.05, 3.63) is 35.3 Å².